The van der Waals surface area contributed by atoms with Crippen molar-refractivity contribution in [3.63, 3.8) is 0 Å². The second-order valence-electron chi connectivity index (χ2n) is 12.9. The molecule has 2 aromatic rings. The Morgan fingerprint density at radius 1 is 0.932 bits per heavy atom. The van der Waals surface area contributed by atoms with Crippen LogP contribution in [0.25, 0.3) is 0 Å². The average molecular weight is 596 g/mol. The third kappa shape index (κ3) is 5.45. The van der Waals surface area contributed by atoms with Crippen molar-refractivity contribution in [2.45, 2.75) is 88.0 Å². The van der Waals surface area contributed by atoms with Gasteiger partial charge in [0.15, 0.2) is 0 Å². The van der Waals surface area contributed by atoms with Gasteiger partial charge < -0.3 is 25.0 Å². The minimum absolute atomic E-state index is 0.111. The van der Waals surface area contributed by atoms with Crippen LogP contribution in [-0.2, 0) is 19.1 Å². The first-order valence-electron chi connectivity index (χ1n) is 16.3. The van der Waals surface area contributed by atoms with Crippen molar-refractivity contribution in [2.75, 3.05) is 11.9 Å². The highest BCUT2D eigenvalue weighted by Crippen LogP contribution is 2.55. The minimum atomic E-state index is -1.14. The summed E-state index contributed by atoms with van der Waals surface area (Å²) in [6.45, 7) is 0.449. The number of para-hydroxylation sites is 1. The zero-order valence-electron chi connectivity index (χ0n) is 25.1. The van der Waals surface area contributed by atoms with Gasteiger partial charge in [0.25, 0.3) is 0 Å². The number of rotatable bonds is 9. The number of amides is 3. The van der Waals surface area contributed by atoms with Gasteiger partial charge in [-0.05, 0) is 81.3 Å². The SMILES string of the molecule is O=C(Nc1ccc(Oc2ccccc2)cc1)[C@H]1[C@H]2C=C[C@]3(O2)[C@H](C(=O)NC2CCCCC2)N(CCC2=CCCCC2)C(=O)[C@@H]13. The van der Waals surface area contributed by atoms with E-state index in [4.69, 9.17) is 9.47 Å². The Bertz CT molecular complexity index is 1450. The molecule has 3 aliphatic heterocycles. The molecule has 2 N–H and O–H groups in total. The van der Waals surface area contributed by atoms with E-state index in [1.807, 2.05) is 42.5 Å². The zero-order valence-corrected chi connectivity index (χ0v) is 25.1. The van der Waals surface area contributed by atoms with E-state index in [0.717, 1.165) is 57.1 Å². The van der Waals surface area contributed by atoms with Gasteiger partial charge in [-0.2, -0.15) is 0 Å². The highest BCUT2D eigenvalue weighted by molar-refractivity contribution is 6.02. The fourth-order valence-electron chi connectivity index (χ4n) is 7.89. The number of carbonyl (C=O) groups excluding carboxylic acids is 3. The third-order valence-electron chi connectivity index (χ3n) is 10.0. The number of fused-ring (bicyclic) bond motifs is 1. The lowest BCUT2D eigenvalue weighted by molar-refractivity contribution is -0.141. The average Bonchev–Trinajstić information content (AvgIpc) is 3.69. The van der Waals surface area contributed by atoms with Gasteiger partial charge in [-0.3, -0.25) is 14.4 Å². The van der Waals surface area contributed by atoms with Gasteiger partial charge in [-0.25, -0.2) is 0 Å². The molecular formula is C36H41N3O5. The van der Waals surface area contributed by atoms with Crippen LogP contribution < -0.4 is 15.4 Å². The Hall–Kier alpha value is -3.91. The van der Waals surface area contributed by atoms with E-state index in [9.17, 15) is 14.4 Å². The van der Waals surface area contributed by atoms with Crippen molar-refractivity contribution in [1.29, 1.82) is 0 Å². The van der Waals surface area contributed by atoms with Crippen molar-refractivity contribution >= 4 is 23.4 Å². The van der Waals surface area contributed by atoms with E-state index < -0.39 is 29.6 Å². The standard InChI is InChI=1S/C36H41N3O5/c40-33(37-26-16-18-28(19-17-26)43-27-14-8-3-9-15-27)30-29-20-22-36(44-29)31(30)35(42)39(23-21-24-10-4-1-5-11-24)32(36)34(41)38-25-12-6-2-7-13-25/h3,8-10,14-20,22,25,29-32H,1-2,4-7,11-13,21,23H2,(H,37,40)(H,38,41)/t29-,30+,31-,32+,36-/m1/s1. The monoisotopic (exact) mass is 595 g/mol. The number of allylic oxidation sites excluding steroid dienone is 1. The molecule has 2 aliphatic carbocycles. The number of ether oxygens (including phenoxy) is 2. The molecule has 0 unspecified atom stereocenters. The van der Waals surface area contributed by atoms with Crippen LogP contribution in [0, 0.1) is 11.8 Å². The van der Waals surface area contributed by atoms with Crippen LogP contribution in [0.2, 0.25) is 0 Å². The predicted molar refractivity (Wildman–Crippen MR) is 167 cm³/mol. The molecule has 44 heavy (non-hydrogen) atoms. The summed E-state index contributed by atoms with van der Waals surface area (Å²) in [6.07, 6.45) is 16.0. The Morgan fingerprint density at radius 2 is 1.70 bits per heavy atom. The highest BCUT2D eigenvalue weighted by atomic mass is 16.5. The first-order chi connectivity index (χ1) is 21.5. The van der Waals surface area contributed by atoms with E-state index in [1.54, 1.807) is 29.2 Å². The van der Waals surface area contributed by atoms with Crippen molar-refractivity contribution in [1.82, 2.24) is 10.2 Å². The molecule has 0 aromatic heterocycles. The smallest absolute Gasteiger partial charge is 0.246 e. The van der Waals surface area contributed by atoms with Crippen LogP contribution in [0.1, 0.15) is 64.2 Å². The van der Waals surface area contributed by atoms with E-state index in [0.29, 0.717) is 18.0 Å². The van der Waals surface area contributed by atoms with Gasteiger partial charge >= 0.3 is 0 Å². The number of hydrogen-bond donors (Lipinski definition) is 2. The second-order valence-corrected chi connectivity index (χ2v) is 12.9. The minimum Gasteiger partial charge on any atom is -0.457 e. The molecule has 5 aliphatic rings. The fourth-order valence-corrected chi connectivity index (χ4v) is 7.89. The summed E-state index contributed by atoms with van der Waals surface area (Å²) in [5.41, 5.74) is 0.811. The maximum atomic E-state index is 14.3. The number of nitrogens with one attached hydrogen (secondary N) is 2. The summed E-state index contributed by atoms with van der Waals surface area (Å²) in [4.78, 5) is 43.8. The van der Waals surface area contributed by atoms with E-state index in [1.165, 1.54) is 18.4 Å². The second kappa shape index (κ2) is 12.2. The highest BCUT2D eigenvalue weighted by Gasteiger charge is 2.72. The largest absolute Gasteiger partial charge is 0.457 e. The molecular weight excluding hydrogens is 554 g/mol. The number of carbonyl (C=O) groups is 3. The summed E-state index contributed by atoms with van der Waals surface area (Å²) in [6, 6.07) is 16.0. The molecule has 3 amide bonds. The number of hydrogen-bond acceptors (Lipinski definition) is 5. The first kappa shape index (κ1) is 28.8. The normalized spacial score (nSPS) is 29.3. The summed E-state index contributed by atoms with van der Waals surface area (Å²) in [5.74, 6) is -0.695. The quantitative estimate of drug-likeness (QED) is 0.352. The van der Waals surface area contributed by atoms with Gasteiger partial charge in [-0.15, -0.1) is 0 Å². The molecule has 8 heteroatoms. The predicted octanol–water partition coefficient (Wildman–Crippen LogP) is 5.91. The first-order valence-corrected chi connectivity index (χ1v) is 16.3. The van der Waals surface area contributed by atoms with Gasteiger partial charge in [-0.1, -0.05) is 61.3 Å². The van der Waals surface area contributed by atoms with Crippen LogP contribution >= 0.6 is 0 Å². The van der Waals surface area contributed by atoms with Crippen molar-refractivity contribution in [2.24, 2.45) is 11.8 Å². The molecule has 1 saturated carbocycles. The maximum Gasteiger partial charge on any atom is 0.246 e. The van der Waals surface area contributed by atoms with Crippen LogP contribution in [0.4, 0.5) is 5.69 Å². The summed E-state index contributed by atoms with van der Waals surface area (Å²) in [5, 5.41) is 6.28. The lowest BCUT2D eigenvalue weighted by Gasteiger charge is -2.34. The Kier molecular flexibility index (Phi) is 8.02. The van der Waals surface area contributed by atoms with Crippen LogP contribution in [0.15, 0.2) is 78.4 Å². The lowest BCUT2D eigenvalue weighted by Crippen LogP contribution is -2.56. The number of anilines is 1. The maximum absolute atomic E-state index is 14.3. The van der Waals surface area contributed by atoms with Gasteiger partial charge in [0.05, 0.1) is 17.9 Å². The molecule has 5 atom stereocenters. The molecule has 3 fully saturated rings. The van der Waals surface area contributed by atoms with E-state index >= 15 is 0 Å². The summed E-state index contributed by atoms with van der Waals surface area (Å²) >= 11 is 0. The summed E-state index contributed by atoms with van der Waals surface area (Å²) in [7, 11) is 0. The molecule has 8 nitrogen and oxygen atoms in total. The molecule has 2 saturated heterocycles. The zero-order chi connectivity index (χ0) is 30.1. The van der Waals surface area contributed by atoms with Crippen molar-refractivity contribution < 1.29 is 23.9 Å². The van der Waals surface area contributed by atoms with Gasteiger partial charge in [0.1, 0.15) is 23.1 Å². The van der Waals surface area contributed by atoms with E-state index in [-0.39, 0.29) is 23.8 Å². The molecule has 0 radical (unpaired) electrons. The van der Waals surface area contributed by atoms with Gasteiger partial charge in [0, 0.05) is 18.3 Å². The Balaban J connectivity index is 1.10. The third-order valence-corrected chi connectivity index (χ3v) is 10.0. The Morgan fingerprint density at radius 3 is 2.45 bits per heavy atom. The molecule has 2 bridgehead atoms. The number of likely N-dealkylation sites (tertiary alicyclic amines) is 1. The summed E-state index contributed by atoms with van der Waals surface area (Å²) < 4.78 is 12.4. The van der Waals surface area contributed by atoms with E-state index in [2.05, 4.69) is 16.7 Å². The van der Waals surface area contributed by atoms with Crippen LogP contribution in [0.3, 0.4) is 0 Å². The van der Waals surface area contributed by atoms with Crippen molar-refractivity contribution in [3.05, 3.63) is 78.4 Å². The number of benzene rings is 2. The fraction of sp³-hybridized carbons (Fsp3) is 0.472. The molecule has 2 aromatic carbocycles. The molecule has 1 spiro atoms. The topological polar surface area (TPSA) is 97.0 Å². The lowest BCUT2D eigenvalue weighted by atomic mass is 9.74. The molecule has 7 rings (SSSR count). The molecule has 3 heterocycles. The van der Waals surface area contributed by atoms with Crippen LogP contribution in [-0.4, -0.2) is 53.0 Å². The van der Waals surface area contributed by atoms with Gasteiger partial charge in [0.2, 0.25) is 17.7 Å². The number of nitrogens with zero attached hydrogens (tertiary/aromatic N) is 1. The molecule has 230 valence electrons. The van der Waals surface area contributed by atoms with Crippen molar-refractivity contribution in [3.8, 4) is 11.5 Å². The Labute approximate surface area is 258 Å². The van der Waals surface area contributed by atoms with Crippen LogP contribution in [0.5, 0.6) is 11.5 Å².